The van der Waals surface area contributed by atoms with Crippen LogP contribution in [0, 0.1) is 12.7 Å². The first-order chi connectivity index (χ1) is 10.9. The number of halogens is 1. The van der Waals surface area contributed by atoms with E-state index in [0.29, 0.717) is 23.4 Å². The van der Waals surface area contributed by atoms with Gasteiger partial charge in [0.15, 0.2) is 0 Å². The van der Waals surface area contributed by atoms with Crippen LogP contribution in [0.5, 0.6) is 0 Å². The number of carbonyl (C=O) groups is 3. The number of aryl methyl sites for hydroxylation is 1. The third-order valence-electron chi connectivity index (χ3n) is 4.52. The van der Waals surface area contributed by atoms with Gasteiger partial charge in [0.25, 0.3) is 11.8 Å². The van der Waals surface area contributed by atoms with Crippen LogP contribution in [0.4, 0.5) is 9.18 Å². The minimum absolute atomic E-state index is 0.0540. The minimum atomic E-state index is -0.902. The summed E-state index contributed by atoms with van der Waals surface area (Å²) in [6, 6.07) is 3.36. The topological polar surface area (TPSA) is 78.5 Å². The molecule has 0 radical (unpaired) electrons. The van der Waals surface area contributed by atoms with E-state index >= 15 is 0 Å². The third kappa shape index (κ3) is 2.67. The molecule has 1 aliphatic heterocycles. The van der Waals surface area contributed by atoms with Gasteiger partial charge in [0, 0.05) is 5.56 Å². The first-order valence-electron chi connectivity index (χ1n) is 7.67. The second kappa shape index (κ2) is 5.64. The van der Waals surface area contributed by atoms with Gasteiger partial charge in [-0.3, -0.25) is 15.0 Å². The highest BCUT2D eigenvalue weighted by molar-refractivity contribution is 6.09. The van der Waals surface area contributed by atoms with Crippen molar-refractivity contribution in [2.45, 2.75) is 44.6 Å². The van der Waals surface area contributed by atoms with Gasteiger partial charge in [0.1, 0.15) is 11.4 Å². The van der Waals surface area contributed by atoms with Crippen molar-refractivity contribution in [2.24, 2.45) is 0 Å². The lowest BCUT2D eigenvalue weighted by Crippen LogP contribution is -2.50. The number of urea groups is 1. The van der Waals surface area contributed by atoms with Gasteiger partial charge in [-0.15, -0.1) is 0 Å². The molecule has 0 atom stereocenters. The lowest BCUT2D eigenvalue weighted by molar-refractivity contribution is -0.134. The monoisotopic (exact) mass is 319 g/mol. The number of imide groups is 1. The molecule has 7 heteroatoms. The van der Waals surface area contributed by atoms with Crippen molar-refractivity contribution in [1.29, 1.82) is 0 Å². The molecule has 23 heavy (non-hydrogen) atoms. The summed E-state index contributed by atoms with van der Waals surface area (Å²) in [5.74, 6) is -1.65. The van der Waals surface area contributed by atoms with Crippen LogP contribution in [-0.2, 0) is 4.79 Å². The third-order valence-corrected chi connectivity index (χ3v) is 4.52. The minimum Gasteiger partial charge on any atom is -0.322 e. The predicted molar refractivity (Wildman–Crippen MR) is 79.8 cm³/mol. The van der Waals surface area contributed by atoms with Crippen molar-refractivity contribution in [2.75, 3.05) is 0 Å². The summed E-state index contributed by atoms with van der Waals surface area (Å²) in [4.78, 5) is 36.8. The number of nitrogens with zero attached hydrogens (tertiary/aromatic N) is 1. The van der Waals surface area contributed by atoms with Crippen molar-refractivity contribution >= 4 is 17.8 Å². The smallest absolute Gasteiger partial charge is 0.322 e. The Labute approximate surface area is 133 Å². The summed E-state index contributed by atoms with van der Waals surface area (Å²) in [5, 5.41) is 3.41. The summed E-state index contributed by atoms with van der Waals surface area (Å²) < 4.78 is 13.6. The van der Waals surface area contributed by atoms with Gasteiger partial charge in [-0.1, -0.05) is 25.3 Å². The van der Waals surface area contributed by atoms with Crippen molar-refractivity contribution < 1.29 is 18.8 Å². The summed E-state index contributed by atoms with van der Waals surface area (Å²) in [6.45, 7) is 1.58. The fraction of sp³-hybridized carbons (Fsp3) is 0.438. The van der Waals surface area contributed by atoms with Gasteiger partial charge >= 0.3 is 6.03 Å². The van der Waals surface area contributed by atoms with Crippen LogP contribution in [0.3, 0.4) is 0 Å². The molecule has 1 aliphatic carbocycles. The molecule has 0 bridgehead atoms. The van der Waals surface area contributed by atoms with E-state index in [9.17, 15) is 18.8 Å². The Morgan fingerprint density at radius 1 is 1.26 bits per heavy atom. The first kappa shape index (κ1) is 15.5. The molecule has 6 nitrogen and oxygen atoms in total. The lowest BCUT2D eigenvalue weighted by Gasteiger charge is -2.30. The molecule has 1 aromatic rings. The average Bonchev–Trinajstić information content (AvgIpc) is 2.75. The van der Waals surface area contributed by atoms with Crippen molar-refractivity contribution in [3.63, 3.8) is 0 Å². The zero-order chi connectivity index (χ0) is 16.6. The molecular weight excluding hydrogens is 301 g/mol. The van der Waals surface area contributed by atoms with E-state index < -0.39 is 29.2 Å². The molecule has 1 saturated heterocycles. The van der Waals surface area contributed by atoms with Crippen LogP contribution in [0.25, 0.3) is 0 Å². The van der Waals surface area contributed by atoms with Gasteiger partial charge in [0.2, 0.25) is 0 Å². The number of amides is 4. The summed E-state index contributed by atoms with van der Waals surface area (Å²) in [5.41, 5.74) is 1.85. The van der Waals surface area contributed by atoms with Crippen LogP contribution >= 0.6 is 0 Å². The molecule has 2 N–H and O–H groups in total. The van der Waals surface area contributed by atoms with Crippen molar-refractivity contribution in [3.05, 3.63) is 35.1 Å². The SMILES string of the molecule is Cc1ccc(C(=O)NN2C(=O)NC3(CCCCC3)C2=O)cc1F. The Hall–Kier alpha value is -2.44. The van der Waals surface area contributed by atoms with Gasteiger partial charge in [0.05, 0.1) is 0 Å². The van der Waals surface area contributed by atoms with E-state index in [4.69, 9.17) is 0 Å². The fourth-order valence-corrected chi connectivity index (χ4v) is 3.12. The normalized spacial score (nSPS) is 19.8. The molecule has 122 valence electrons. The number of rotatable bonds is 2. The quantitative estimate of drug-likeness (QED) is 0.819. The number of hydrogen-bond acceptors (Lipinski definition) is 3. The maximum absolute atomic E-state index is 13.6. The molecule has 1 spiro atoms. The zero-order valence-corrected chi connectivity index (χ0v) is 12.8. The van der Waals surface area contributed by atoms with Crippen LogP contribution in [0.15, 0.2) is 18.2 Å². The second-order valence-electron chi connectivity index (χ2n) is 6.12. The molecule has 1 saturated carbocycles. The highest BCUT2D eigenvalue weighted by Crippen LogP contribution is 2.33. The standard InChI is InChI=1S/C16H18FN3O3/c1-10-5-6-11(9-12(10)17)13(21)19-20-14(22)16(18-15(20)23)7-3-2-4-8-16/h5-6,9H,2-4,7-8H2,1H3,(H,18,23)(H,19,21). The molecular formula is C16H18FN3O3. The fourth-order valence-electron chi connectivity index (χ4n) is 3.12. The van der Waals surface area contributed by atoms with Gasteiger partial charge in [-0.05, 0) is 37.5 Å². The van der Waals surface area contributed by atoms with Crippen LogP contribution < -0.4 is 10.7 Å². The Balaban J connectivity index is 1.76. The summed E-state index contributed by atoms with van der Waals surface area (Å²) >= 11 is 0. The van der Waals surface area contributed by atoms with Crippen LogP contribution in [0.2, 0.25) is 0 Å². The molecule has 4 amide bonds. The highest BCUT2D eigenvalue weighted by Gasteiger charge is 2.52. The summed E-state index contributed by atoms with van der Waals surface area (Å²) in [6.07, 6.45) is 3.89. The first-order valence-corrected chi connectivity index (χ1v) is 7.67. The van der Waals surface area contributed by atoms with Crippen molar-refractivity contribution in [3.8, 4) is 0 Å². The number of benzene rings is 1. The Kier molecular flexibility index (Phi) is 3.79. The Bertz CT molecular complexity index is 683. The molecule has 2 fully saturated rings. The number of hydrogen-bond donors (Lipinski definition) is 2. The predicted octanol–water partition coefficient (Wildman–Crippen LogP) is 2.03. The van der Waals surface area contributed by atoms with E-state index in [2.05, 4.69) is 10.7 Å². The van der Waals surface area contributed by atoms with E-state index in [1.807, 2.05) is 0 Å². The average molecular weight is 319 g/mol. The molecule has 1 heterocycles. The molecule has 2 aliphatic rings. The largest absolute Gasteiger partial charge is 0.344 e. The van der Waals surface area contributed by atoms with E-state index in [-0.39, 0.29) is 5.56 Å². The van der Waals surface area contributed by atoms with Crippen LogP contribution in [-0.4, -0.2) is 28.4 Å². The van der Waals surface area contributed by atoms with Gasteiger partial charge in [-0.2, -0.15) is 5.01 Å². The van der Waals surface area contributed by atoms with E-state index in [0.717, 1.165) is 25.3 Å². The van der Waals surface area contributed by atoms with E-state index in [1.54, 1.807) is 6.92 Å². The van der Waals surface area contributed by atoms with Gasteiger partial charge < -0.3 is 5.32 Å². The molecule has 1 aromatic carbocycles. The maximum Gasteiger partial charge on any atom is 0.344 e. The van der Waals surface area contributed by atoms with E-state index in [1.165, 1.54) is 12.1 Å². The number of carbonyl (C=O) groups excluding carboxylic acids is 3. The zero-order valence-electron chi connectivity index (χ0n) is 12.8. The second-order valence-corrected chi connectivity index (χ2v) is 6.12. The highest BCUT2D eigenvalue weighted by atomic mass is 19.1. The van der Waals surface area contributed by atoms with Crippen molar-refractivity contribution in [1.82, 2.24) is 15.8 Å². The Morgan fingerprint density at radius 2 is 1.96 bits per heavy atom. The molecule has 0 unspecified atom stereocenters. The Morgan fingerprint density at radius 3 is 2.61 bits per heavy atom. The lowest BCUT2D eigenvalue weighted by atomic mass is 9.82. The van der Waals surface area contributed by atoms with Gasteiger partial charge in [-0.25, -0.2) is 9.18 Å². The maximum atomic E-state index is 13.6. The molecule has 0 aromatic heterocycles. The molecule has 3 rings (SSSR count). The number of nitrogens with one attached hydrogen (secondary N) is 2. The number of hydrazine groups is 1. The van der Waals surface area contributed by atoms with Crippen LogP contribution in [0.1, 0.15) is 48.0 Å². The summed E-state index contributed by atoms with van der Waals surface area (Å²) in [7, 11) is 0.